The molecular formula is C14H19NO2. The monoisotopic (exact) mass is 233 g/mol. The maximum atomic E-state index is 10.8. The fourth-order valence-electron chi connectivity index (χ4n) is 1.61. The number of rotatable bonds is 5. The summed E-state index contributed by atoms with van der Waals surface area (Å²) in [5.41, 5.74) is 3.94. The summed E-state index contributed by atoms with van der Waals surface area (Å²) in [5.74, 6) is -0.838. The Morgan fingerprint density at radius 1 is 1.41 bits per heavy atom. The molecule has 0 amide bonds. The molecule has 0 aliphatic rings. The predicted molar refractivity (Wildman–Crippen MR) is 70.4 cm³/mol. The van der Waals surface area contributed by atoms with Crippen LogP contribution in [0, 0.1) is 13.8 Å². The van der Waals surface area contributed by atoms with Gasteiger partial charge in [0.25, 0.3) is 0 Å². The van der Waals surface area contributed by atoms with Crippen LogP contribution in [0.5, 0.6) is 0 Å². The van der Waals surface area contributed by atoms with Gasteiger partial charge in [-0.25, -0.2) is 4.79 Å². The van der Waals surface area contributed by atoms with Crippen molar-refractivity contribution >= 4 is 11.7 Å². The first-order valence-electron chi connectivity index (χ1n) is 5.78. The van der Waals surface area contributed by atoms with Crippen molar-refractivity contribution in [3.63, 3.8) is 0 Å². The predicted octanol–water partition coefficient (Wildman–Crippen LogP) is 3.14. The second-order valence-electron chi connectivity index (χ2n) is 4.02. The Bertz CT molecular complexity index is 436. The van der Waals surface area contributed by atoms with Crippen molar-refractivity contribution in [2.75, 3.05) is 11.9 Å². The molecule has 0 atom stereocenters. The van der Waals surface area contributed by atoms with Gasteiger partial charge in [-0.1, -0.05) is 25.1 Å². The Balaban J connectivity index is 2.68. The first kappa shape index (κ1) is 13.3. The Morgan fingerprint density at radius 2 is 2.12 bits per heavy atom. The number of anilines is 1. The molecular weight excluding hydrogens is 214 g/mol. The van der Waals surface area contributed by atoms with Crippen LogP contribution in [0.1, 0.15) is 24.5 Å². The van der Waals surface area contributed by atoms with Gasteiger partial charge in [0.05, 0.1) is 0 Å². The minimum Gasteiger partial charge on any atom is -0.478 e. The van der Waals surface area contributed by atoms with Crippen LogP contribution in [0.4, 0.5) is 5.69 Å². The van der Waals surface area contributed by atoms with Crippen LogP contribution in [-0.4, -0.2) is 17.6 Å². The van der Waals surface area contributed by atoms with Crippen molar-refractivity contribution in [1.29, 1.82) is 0 Å². The third-order valence-corrected chi connectivity index (χ3v) is 2.90. The molecule has 1 rings (SSSR count). The lowest BCUT2D eigenvalue weighted by Gasteiger charge is -2.10. The van der Waals surface area contributed by atoms with Crippen molar-refractivity contribution in [2.45, 2.75) is 27.2 Å². The van der Waals surface area contributed by atoms with Gasteiger partial charge in [0, 0.05) is 17.8 Å². The van der Waals surface area contributed by atoms with Gasteiger partial charge in [0.2, 0.25) is 0 Å². The third kappa shape index (κ3) is 3.63. The molecule has 0 heterocycles. The van der Waals surface area contributed by atoms with E-state index in [9.17, 15) is 4.79 Å². The highest BCUT2D eigenvalue weighted by atomic mass is 16.4. The van der Waals surface area contributed by atoms with E-state index in [0.717, 1.165) is 5.69 Å². The highest BCUT2D eigenvalue weighted by Crippen LogP contribution is 2.17. The number of benzene rings is 1. The molecule has 0 fully saturated rings. The Labute approximate surface area is 102 Å². The van der Waals surface area contributed by atoms with Gasteiger partial charge in [0.15, 0.2) is 0 Å². The smallest absolute Gasteiger partial charge is 0.331 e. The minimum absolute atomic E-state index is 0.447. The molecule has 0 saturated heterocycles. The van der Waals surface area contributed by atoms with Crippen LogP contribution in [-0.2, 0) is 4.79 Å². The van der Waals surface area contributed by atoms with Gasteiger partial charge in [-0.3, -0.25) is 0 Å². The van der Waals surface area contributed by atoms with Crippen LogP contribution >= 0.6 is 0 Å². The lowest BCUT2D eigenvalue weighted by atomic mass is 10.1. The van der Waals surface area contributed by atoms with Crippen molar-refractivity contribution in [1.82, 2.24) is 0 Å². The van der Waals surface area contributed by atoms with Crippen LogP contribution in [0.3, 0.4) is 0 Å². The quantitative estimate of drug-likeness (QED) is 0.768. The number of carboxylic acid groups (broad SMARTS) is 1. The molecule has 3 heteroatoms. The number of aliphatic carboxylic acids is 1. The summed E-state index contributed by atoms with van der Waals surface area (Å²) >= 11 is 0. The molecule has 3 nitrogen and oxygen atoms in total. The molecule has 2 N–H and O–H groups in total. The molecule has 1 aromatic rings. The molecule has 0 aromatic heterocycles. The molecule has 0 spiro atoms. The number of hydrogen-bond donors (Lipinski definition) is 2. The SMILES string of the molecule is CC/C(=C/CNc1cccc(C)c1C)C(=O)O. The first-order valence-corrected chi connectivity index (χ1v) is 5.78. The van der Waals surface area contributed by atoms with Gasteiger partial charge in [-0.2, -0.15) is 0 Å². The van der Waals surface area contributed by atoms with Crippen molar-refractivity contribution in [2.24, 2.45) is 0 Å². The van der Waals surface area contributed by atoms with E-state index in [-0.39, 0.29) is 0 Å². The molecule has 0 unspecified atom stereocenters. The topological polar surface area (TPSA) is 49.3 Å². The molecule has 0 aliphatic heterocycles. The molecule has 0 bridgehead atoms. The van der Waals surface area contributed by atoms with E-state index < -0.39 is 5.97 Å². The van der Waals surface area contributed by atoms with Gasteiger partial charge in [-0.15, -0.1) is 0 Å². The molecule has 0 aliphatic carbocycles. The molecule has 92 valence electrons. The fourth-order valence-corrected chi connectivity index (χ4v) is 1.61. The summed E-state index contributed by atoms with van der Waals surface area (Å²) in [7, 11) is 0. The lowest BCUT2D eigenvalue weighted by molar-refractivity contribution is -0.132. The average molecular weight is 233 g/mol. The number of carbonyl (C=O) groups is 1. The van der Waals surface area contributed by atoms with Crippen molar-refractivity contribution in [3.05, 3.63) is 41.0 Å². The zero-order chi connectivity index (χ0) is 12.8. The van der Waals surface area contributed by atoms with E-state index >= 15 is 0 Å². The number of nitrogens with one attached hydrogen (secondary N) is 1. The van der Waals surface area contributed by atoms with E-state index in [1.807, 2.05) is 19.1 Å². The minimum atomic E-state index is -0.838. The highest BCUT2D eigenvalue weighted by molar-refractivity contribution is 5.86. The Morgan fingerprint density at radius 3 is 2.71 bits per heavy atom. The Kier molecular flexibility index (Phi) is 4.76. The van der Waals surface area contributed by atoms with E-state index in [0.29, 0.717) is 18.5 Å². The van der Waals surface area contributed by atoms with E-state index in [2.05, 4.69) is 25.2 Å². The van der Waals surface area contributed by atoms with E-state index in [1.165, 1.54) is 11.1 Å². The summed E-state index contributed by atoms with van der Waals surface area (Å²) in [4.78, 5) is 10.8. The Hall–Kier alpha value is -1.77. The molecule has 1 aromatic carbocycles. The van der Waals surface area contributed by atoms with Gasteiger partial charge >= 0.3 is 5.97 Å². The summed E-state index contributed by atoms with van der Waals surface area (Å²) < 4.78 is 0. The largest absolute Gasteiger partial charge is 0.478 e. The third-order valence-electron chi connectivity index (χ3n) is 2.90. The van der Waals surface area contributed by atoms with E-state index in [1.54, 1.807) is 6.08 Å². The lowest BCUT2D eigenvalue weighted by Crippen LogP contribution is -2.05. The number of aryl methyl sites for hydroxylation is 1. The average Bonchev–Trinajstić information content (AvgIpc) is 2.29. The standard InChI is InChI=1S/C14H19NO2/c1-4-12(14(16)17)8-9-15-13-7-5-6-10(2)11(13)3/h5-8,15H,4,9H2,1-3H3,(H,16,17)/b12-8-. The normalized spacial score (nSPS) is 11.4. The van der Waals surface area contributed by atoms with Crippen LogP contribution in [0.25, 0.3) is 0 Å². The summed E-state index contributed by atoms with van der Waals surface area (Å²) in [6.45, 7) is 6.50. The molecule has 0 saturated carbocycles. The maximum Gasteiger partial charge on any atom is 0.331 e. The summed E-state index contributed by atoms with van der Waals surface area (Å²) in [6, 6.07) is 6.06. The van der Waals surface area contributed by atoms with Crippen molar-refractivity contribution in [3.8, 4) is 0 Å². The fraction of sp³-hybridized carbons (Fsp3) is 0.357. The van der Waals surface area contributed by atoms with Gasteiger partial charge in [0.1, 0.15) is 0 Å². The zero-order valence-electron chi connectivity index (χ0n) is 10.6. The second kappa shape index (κ2) is 6.09. The van der Waals surface area contributed by atoms with Crippen molar-refractivity contribution < 1.29 is 9.90 Å². The van der Waals surface area contributed by atoms with Gasteiger partial charge < -0.3 is 10.4 Å². The summed E-state index contributed by atoms with van der Waals surface area (Å²) in [5, 5.41) is 12.1. The maximum absolute atomic E-state index is 10.8. The van der Waals surface area contributed by atoms with Gasteiger partial charge in [-0.05, 0) is 37.5 Å². The molecule has 17 heavy (non-hydrogen) atoms. The van der Waals surface area contributed by atoms with Crippen LogP contribution < -0.4 is 5.32 Å². The van der Waals surface area contributed by atoms with Crippen LogP contribution in [0.2, 0.25) is 0 Å². The first-order chi connectivity index (χ1) is 8.06. The zero-order valence-corrected chi connectivity index (χ0v) is 10.6. The van der Waals surface area contributed by atoms with Crippen LogP contribution in [0.15, 0.2) is 29.8 Å². The number of carboxylic acids is 1. The number of hydrogen-bond acceptors (Lipinski definition) is 2. The second-order valence-corrected chi connectivity index (χ2v) is 4.02. The summed E-state index contributed by atoms with van der Waals surface area (Å²) in [6.07, 6.45) is 2.27. The van der Waals surface area contributed by atoms with E-state index in [4.69, 9.17) is 5.11 Å². The molecule has 0 radical (unpaired) electrons. The highest BCUT2D eigenvalue weighted by Gasteiger charge is 2.03.